The Bertz CT molecular complexity index is 879. The van der Waals surface area contributed by atoms with E-state index in [1.165, 1.54) is 19.3 Å². The third-order valence-electron chi connectivity index (χ3n) is 4.45. The zero-order valence-electron chi connectivity index (χ0n) is 14.9. The number of carbonyl (C=O) groups is 1. The molecule has 0 amide bonds. The lowest BCUT2D eigenvalue weighted by atomic mass is 10.2. The maximum Gasteiger partial charge on any atom is 0.305 e. The topological polar surface area (TPSA) is 109 Å². The summed E-state index contributed by atoms with van der Waals surface area (Å²) < 4.78 is 1.59. The number of carboxylic acid groups (broad SMARTS) is 1. The minimum absolute atomic E-state index is 0.0441. The molecule has 7 nitrogen and oxygen atoms in total. The summed E-state index contributed by atoms with van der Waals surface area (Å²) >= 11 is 0. The van der Waals surface area contributed by atoms with E-state index < -0.39 is 5.97 Å². The Morgan fingerprint density at radius 1 is 1.42 bits per heavy atom. The SMILES string of the molecule is CCC1CC1.Nc1cc(Nc2cnn(CCC(=O)O)c2)cc2[nH]ccc12. The number of carboxylic acids is 1. The Labute approximate surface area is 152 Å². The Kier molecular flexibility index (Phi) is 5.46. The molecule has 3 aromatic rings. The van der Waals surface area contributed by atoms with Gasteiger partial charge in [-0.15, -0.1) is 0 Å². The maximum atomic E-state index is 10.5. The van der Waals surface area contributed by atoms with Crippen molar-refractivity contribution in [3.63, 3.8) is 0 Å². The Morgan fingerprint density at radius 3 is 2.88 bits per heavy atom. The second-order valence-corrected chi connectivity index (χ2v) is 6.62. The quantitative estimate of drug-likeness (QED) is 0.500. The minimum atomic E-state index is -0.843. The summed E-state index contributed by atoms with van der Waals surface area (Å²) in [5.74, 6) is 0.292. The van der Waals surface area contributed by atoms with Crippen molar-refractivity contribution in [2.45, 2.75) is 39.2 Å². The lowest BCUT2D eigenvalue weighted by Gasteiger charge is -2.06. The van der Waals surface area contributed by atoms with Gasteiger partial charge in [-0.1, -0.05) is 26.2 Å². The number of nitrogen functional groups attached to an aromatic ring is 1. The predicted octanol–water partition coefficient (Wildman–Crippen LogP) is 3.97. The molecule has 0 radical (unpaired) electrons. The summed E-state index contributed by atoms with van der Waals surface area (Å²) in [7, 11) is 0. The predicted molar refractivity (Wildman–Crippen MR) is 103 cm³/mol. The van der Waals surface area contributed by atoms with Gasteiger partial charge in [0.2, 0.25) is 0 Å². The number of aryl methyl sites for hydroxylation is 1. The summed E-state index contributed by atoms with van der Waals surface area (Å²) in [6, 6.07) is 5.74. The summed E-state index contributed by atoms with van der Waals surface area (Å²) in [6.07, 6.45) is 9.74. The zero-order chi connectivity index (χ0) is 18.5. The van der Waals surface area contributed by atoms with Crippen LogP contribution < -0.4 is 11.1 Å². The second-order valence-electron chi connectivity index (χ2n) is 6.62. The third kappa shape index (κ3) is 4.78. The number of anilines is 3. The van der Waals surface area contributed by atoms with Crippen LogP contribution in [0.2, 0.25) is 0 Å². The van der Waals surface area contributed by atoms with E-state index in [1.54, 1.807) is 17.1 Å². The summed E-state index contributed by atoms with van der Waals surface area (Å²) in [5.41, 5.74) is 9.27. The van der Waals surface area contributed by atoms with Gasteiger partial charge in [-0.2, -0.15) is 5.10 Å². The summed E-state index contributed by atoms with van der Waals surface area (Å²) in [5, 5.41) is 17.0. The average molecular weight is 355 g/mol. The van der Waals surface area contributed by atoms with Crippen LogP contribution in [0.15, 0.2) is 36.8 Å². The van der Waals surface area contributed by atoms with Crippen molar-refractivity contribution in [3.05, 3.63) is 36.8 Å². The molecule has 0 spiro atoms. The first-order chi connectivity index (χ1) is 12.5. The molecule has 0 atom stereocenters. The number of fused-ring (bicyclic) bond motifs is 1. The molecule has 138 valence electrons. The summed E-state index contributed by atoms with van der Waals surface area (Å²) in [6.45, 7) is 2.60. The van der Waals surface area contributed by atoms with E-state index in [2.05, 4.69) is 22.3 Å². The van der Waals surface area contributed by atoms with Crippen molar-refractivity contribution < 1.29 is 9.90 Å². The molecule has 1 aliphatic carbocycles. The van der Waals surface area contributed by atoms with Crippen molar-refractivity contribution in [2.24, 2.45) is 5.92 Å². The van der Waals surface area contributed by atoms with Gasteiger partial charge < -0.3 is 21.1 Å². The van der Waals surface area contributed by atoms with Crippen LogP contribution in [-0.2, 0) is 11.3 Å². The highest BCUT2D eigenvalue weighted by Gasteiger charge is 2.17. The summed E-state index contributed by atoms with van der Waals surface area (Å²) in [4.78, 5) is 13.7. The van der Waals surface area contributed by atoms with Crippen molar-refractivity contribution in [3.8, 4) is 0 Å². The molecule has 2 heterocycles. The largest absolute Gasteiger partial charge is 0.481 e. The van der Waals surface area contributed by atoms with Gasteiger partial charge in [0, 0.05) is 34.7 Å². The lowest BCUT2D eigenvalue weighted by molar-refractivity contribution is -0.137. The highest BCUT2D eigenvalue weighted by atomic mass is 16.4. The number of benzene rings is 1. The molecule has 0 saturated heterocycles. The van der Waals surface area contributed by atoms with Crippen LogP contribution in [0.1, 0.15) is 32.6 Å². The van der Waals surface area contributed by atoms with E-state index in [0.29, 0.717) is 12.2 Å². The minimum Gasteiger partial charge on any atom is -0.481 e. The normalized spacial score (nSPS) is 13.3. The number of H-pyrrole nitrogens is 1. The van der Waals surface area contributed by atoms with E-state index in [4.69, 9.17) is 10.8 Å². The first kappa shape index (κ1) is 17.8. The van der Waals surface area contributed by atoms with Gasteiger partial charge in [-0.05, 0) is 24.1 Å². The van der Waals surface area contributed by atoms with Gasteiger partial charge in [0.25, 0.3) is 0 Å². The van der Waals surface area contributed by atoms with Gasteiger partial charge in [-0.25, -0.2) is 0 Å². The molecule has 7 heteroatoms. The molecular weight excluding hydrogens is 330 g/mol. The molecule has 2 aromatic heterocycles. The molecule has 1 aromatic carbocycles. The van der Waals surface area contributed by atoms with Crippen molar-refractivity contribution in [1.82, 2.24) is 14.8 Å². The van der Waals surface area contributed by atoms with Gasteiger partial charge in [0.15, 0.2) is 0 Å². The van der Waals surface area contributed by atoms with E-state index >= 15 is 0 Å². The number of nitrogens with zero attached hydrogens (tertiary/aromatic N) is 2. The maximum absolute atomic E-state index is 10.5. The number of aliphatic carboxylic acids is 1. The monoisotopic (exact) mass is 355 g/mol. The highest BCUT2D eigenvalue weighted by Crippen LogP contribution is 2.31. The van der Waals surface area contributed by atoms with Gasteiger partial charge in [0.05, 0.1) is 24.8 Å². The number of rotatable bonds is 6. The van der Waals surface area contributed by atoms with Crippen LogP contribution in [0.3, 0.4) is 0 Å². The molecule has 1 aliphatic rings. The molecule has 0 bridgehead atoms. The molecular formula is C19H25N5O2. The number of nitrogens with one attached hydrogen (secondary N) is 2. The van der Waals surface area contributed by atoms with Gasteiger partial charge in [0.1, 0.15) is 0 Å². The Morgan fingerprint density at radius 2 is 2.23 bits per heavy atom. The van der Waals surface area contributed by atoms with Crippen LogP contribution in [0, 0.1) is 5.92 Å². The van der Waals surface area contributed by atoms with Crippen LogP contribution in [0.25, 0.3) is 10.9 Å². The number of hydrogen-bond acceptors (Lipinski definition) is 4. The average Bonchev–Trinajstić information content (AvgIpc) is 3.15. The number of aromatic nitrogens is 3. The van der Waals surface area contributed by atoms with E-state index in [1.807, 2.05) is 24.4 Å². The molecule has 5 N–H and O–H groups in total. The van der Waals surface area contributed by atoms with Gasteiger partial charge in [-0.3, -0.25) is 9.48 Å². The number of hydrogen-bond donors (Lipinski definition) is 4. The van der Waals surface area contributed by atoms with Crippen LogP contribution >= 0.6 is 0 Å². The second kappa shape index (κ2) is 7.95. The molecule has 0 unspecified atom stereocenters. The number of nitrogens with two attached hydrogens (primary N) is 1. The first-order valence-corrected chi connectivity index (χ1v) is 8.93. The van der Waals surface area contributed by atoms with E-state index in [-0.39, 0.29) is 6.42 Å². The highest BCUT2D eigenvalue weighted by molar-refractivity contribution is 5.94. The molecule has 1 saturated carbocycles. The molecule has 0 aliphatic heterocycles. The standard InChI is InChI=1S/C14H15N5O2.C5H10/c15-12-5-9(6-13-11(12)1-3-16-13)18-10-7-17-19(8-10)4-2-14(20)21;1-2-5-3-4-5/h1,3,5-8,16,18H,2,4,15H2,(H,20,21);5H,2-4H2,1H3. The molecule has 26 heavy (non-hydrogen) atoms. The van der Waals surface area contributed by atoms with Gasteiger partial charge >= 0.3 is 5.97 Å². The smallest absolute Gasteiger partial charge is 0.305 e. The van der Waals surface area contributed by atoms with Crippen LogP contribution in [0.5, 0.6) is 0 Å². The number of aromatic amines is 1. The van der Waals surface area contributed by atoms with Crippen molar-refractivity contribution >= 4 is 33.9 Å². The lowest BCUT2D eigenvalue weighted by Crippen LogP contribution is -2.04. The molecule has 4 rings (SSSR count). The van der Waals surface area contributed by atoms with Crippen LogP contribution in [0.4, 0.5) is 17.1 Å². The fraction of sp³-hybridized carbons (Fsp3) is 0.368. The first-order valence-electron chi connectivity index (χ1n) is 8.93. The van der Waals surface area contributed by atoms with Crippen molar-refractivity contribution in [2.75, 3.05) is 11.1 Å². The third-order valence-corrected chi connectivity index (χ3v) is 4.45. The molecule has 1 fully saturated rings. The van der Waals surface area contributed by atoms with Crippen LogP contribution in [-0.4, -0.2) is 25.8 Å². The fourth-order valence-corrected chi connectivity index (χ4v) is 2.72. The van der Waals surface area contributed by atoms with E-state index in [9.17, 15) is 4.79 Å². The zero-order valence-corrected chi connectivity index (χ0v) is 14.9. The Balaban J connectivity index is 0.000000339. The van der Waals surface area contributed by atoms with Crippen molar-refractivity contribution in [1.29, 1.82) is 0 Å². The Hall–Kier alpha value is -2.96. The van der Waals surface area contributed by atoms with E-state index in [0.717, 1.165) is 28.2 Å². The fourth-order valence-electron chi connectivity index (χ4n) is 2.72.